The predicted molar refractivity (Wildman–Crippen MR) is 125 cm³/mol. The molecule has 0 aromatic carbocycles. The van der Waals surface area contributed by atoms with Crippen LogP contribution in [0.1, 0.15) is 117 Å². The number of hydrogen-bond acceptors (Lipinski definition) is 1. The van der Waals surface area contributed by atoms with Gasteiger partial charge in [-0.25, -0.2) is 0 Å². The van der Waals surface area contributed by atoms with Gasteiger partial charge in [0.2, 0.25) is 0 Å². The van der Waals surface area contributed by atoms with Gasteiger partial charge in [0.05, 0.1) is 0 Å². The quantitative estimate of drug-likeness (QED) is 0.101. The van der Waals surface area contributed by atoms with Crippen LogP contribution in [-0.4, -0.2) is 19.0 Å². The fraction of sp³-hybridized carbons (Fsp3) is 0.952. The summed E-state index contributed by atoms with van der Waals surface area (Å²) in [6, 6.07) is 0. The Morgan fingerprint density at radius 1 is 0.640 bits per heavy atom. The van der Waals surface area contributed by atoms with E-state index in [0.717, 1.165) is 13.1 Å². The first-order valence-corrected chi connectivity index (χ1v) is 10.8. The SMILES string of the molecule is CCCCCCCCCCCCCCCCCCN=C(N)NCC.I. The zero-order valence-electron chi connectivity index (χ0n) is 17.2. The molecule has 0 aromatic rings. The lowest BCUT2D eigenvalue weighted by atomic mass is 10.0. The Kier molecular flexibility index (Phi) is 26.1. The fourth-order valence-electron chi connectivity index (χ4n) is 3.10. The highest BCUT2D eigenvalue weighted by atomic mass is 127. The van der Waals surface area contributed by atoms with Gasteiger partial charge in [0.1, 0.15) is 0 Å². The first kappa shape index (κ1) is 27.2. The van der Waals surface area contributed by atoms with Crippen molar-refractivity contribution in [3.8, 4) is 0 Å². The summed E-state index contributed by atoms with van der Waals surface area (Å²) in [6.45, 7) is 6.06. The monoisotopic (exact) mass is 467 g/mol. The summed E-state index contributed by atoms with van der Waals surface area (Å²) in [5.74, 6) is 0.596. The zero-order valence-corrected chi connectivity index (χ0v) is 19.5. The number of hydrogen-bond donors (Lipinski definition) is 2. The molecular formula is C21H46IN3. The van der Waals surface area contributed by atoms with Gasteiger partial charge >= 0.3 is 0 Å². The number of aliphatic imine (C=N–C) groups is 1. The van der Waals surface area contributed by atoms with Gasteiger partial charge in [0.25, 0.3) is 0 Å². The zero-order chi connectivity index (χ0) is 17.7. The lowest BCUT2D eigenvalue weighted by Crippen LogP contribution is -2.31. The van der Waals surface area contributed by atoms with Crippen LogP contribution in [0.3, 0.4) is 0 Å². The molecule has 0 amide bonds. The van der Waals surface area contributed by atoms with Gasteiger partial charge in [-0.05, 0) is 13.3 Å². The third-order valence-electron chi connectivity index (χ3n) is 4.65. The molecule has 4 heteroatoms. The summed E-state index contributed by atoms with van der Waals surface area (Å²) < 4.78 is 0. The molecule has 0 unspecified atom stereocenters. The molecule has 0 aliphatic carbocycles. The van der Waals surface area contributed by atoms with Gasteiger partial charge < -0.3 is 11.1 Å². The summed E-state index contributed by atoms with van der Waals surface area (Å²) in [6.07, 6.45) is 22.5. The third kappa shape index (κ3) is 24.0. The van der Waals surface area contributed by atoms with E-state index in [1.165, 1.54) is 103 Å². The van der Waals surface area contributed by atoms with E-state index in [9.17, 15) is 0 Å². The maximum absolute atomic E-state index is 5.69. The molecule has 0 heterocycles. The molecule has 0 aliphatic heterocycles. The van der Waals surface area contributed by atoms with Crippen molar-refractivity contribution in [3.05, 3.63) is 0 Å². The van der Waals surface area contributed by atoms with E-state index in [4.69, 9.17) is 5.73 Å². The molecule has 0 radical (unpaired) electrons. The second-order valence-electron chi connectivity index (χ2n) is 7.10. The lowest BCUT2D eigenvalue weighted by molar-refractivity contribution is 0.530. The van der Waals surface area contributed by atoms with Crippen molar-refractivity contribution in [2.75, 3.05) is 13.1 Å². The van der Waals surface area contributed by atoms with Gasteiger partial charge in [0, 0.05) is 13.1 Å². The normalized spacial score (nSPS) is 11.4. The second-order valence-corrected chi connectivity index (χ2v) is 7.10. The van der Waals surface area contributed by atoms with Crippen molar-refractivity contribution in [1.29, 1.82) is 0 Å². The van der Waals surface area contributed by atoms with Gasteiger partial charge in [-0.15, -0.1) is 24.0 Å². The van der Waals surface area contributed by atoms with E-state index in [-0.39, 0.29) is 24.0 Å². The number of halogens is 1. The van der Waals surface area contributed by atoms with Crippen molar-refractivity contribution in [1.82, 2.24) is 5.32 Å². The summed E-state index contributed by atoms with van der Waals surface area (Å²) in [7, 11) is 0. The van der Waals surface area contributed by atoms with Gasteiger partial charge in [-0.3, -0.25) is 4.99 Å². The maximum Gasteiger partial charge on any atom is 0.188 e. The molecule has 0 saturated carbocycles. The van der Waals surface area contributed by atoms with E-state index in [2.05, 4.69) is 17.2 Å². The van der Waals surface area contributed by atoms with E-state index in [0.29, 0.717) is 5.96 Å². The van der Waals surface area contributed by atoms with Crippen molar-refractivity contribution in [2.45, 2.75) is 117 Å². The van der Waals surface area contributed by atoms with Crippen molar-refractivity contribution < 1.29 is 0 Å². The van der Waals surface area contributed by atoms with Crippen LogP contribution < -0.4 is 11.1 Å². The van der Waals surface area contributed by atoms with Crippen LogP contribution >= 0.6 is 24.0 Å². The number of nitrogens with two attached hydrogens (primary N) is 1. The molecule has 0 rings (SSSR count). The first-order valence-electron chi connectivity index (χ1n) is 10.8. The van der Waals surface area contributed by atoms with E-state index < -0.39 is 0 Å². The molecular weight excluding hydrogens is 421 g/mol. The minimum atomic E-state index is 0. The Balaban J connectivity index is 0. The molecule has 0 bridgehead atoms. The van der Waals surface area contributed by atoms with Crippen LogP contribution in [-0.2, 0) is 0 Å². The van der Waals surface area contributed by atoms with Crippen LogP contribution in [0.5, 0.6) is 0 Å². The first-order chi connectivity index (χ1) is 11.8. The van der Waals surface area contributed by atoms with E-state index in [1.807, 2.05) is 6.92 Å². The standard InChI is InChI=1S/C21H45N3.HI/c1-3-5-6-7-8-9-10-11-12-13-14-15-16-17-18-19-20-24-21(22)23-4-2;/h3-20H2,1-2H3,(H3,22,23,24);1H. The summed E-state index contributed by atoms with van der Waals surface area (Å²) in [4.78, 5) is 4.30. The van der Waals surface area contributed by atoms with Crippen LogP contribution in [0, 0.1) is 0 Å². The Morgan fingerprint density at radius 3 is 1.36 bits per heavy atom. The minimum absolute atomic E-state index is 0. The largest absolute Gasteiger partial charge is 0.370 e. The molecule has 0 atom stereocenters. The molecule has 0 saturated heterocycles. The van der Waals surface area contributed by atoms with Gasteiger partial charge in [-0.2, -0.15) is 0 Å². The van der Waals surface area contributed by atoms with E-state index >= 15 is 0 Å². The molecule has 0 fully saturated rings. The Bertz CT molecular complexity index is 270. The highest BCUT2D eigenvalue weighted by Gasteiger charge is 1.94. The number of nitrogens with zero attached hydrogens (tertiary/aromatic N) is 1. The Labute approximate surface area is 175 Å². The molecule has 0 spiro atoms. The van der Waals surface area contributed by atoms with Crippen LogP contribution in [0.4, 0.5) is 0 Å². The number of rotatable bonds is 18. The van der Waals surface area contributed by atoms with Crippen LogP contribution in [0.25, 0.3) is 0 Å². The molecule has 3 N–H and O–H groups in total. The van der Waals surface area contributed by atoms with Crippen molar-refractivity contribution >= 4 is 29.9 Å². The minimum Gasteiger partial charge on any atom is -0.370 e. The van der Waals surface area contributed by atoms with Crippen molar-refractivity contribution in [2.24, 2.45) is 10.7 Å². The Hall–Kier alpha value is 0. The molecule has 0 aromatic heterocycles. The third-order valence-corrected chi connectivity index (χ3v) is 4.65. The average molecular weight is 468 g/mol. The summed E-state index contributed by atoms with van der Waals surface area (Å²) in [5.41, 5.74) is 5.69. The predicted octanol–water partition coefficient (Wildman–Crippen LogP) is 6.79. The highest BCUT2D eigenvalue weighted by molar-refractivity contribution is 14.0. The van der Waals surface area contributed by atoms with Gasteiger partial charge in [0.15, 0.2) is 5.96 Å². The number of nitrogens with one attached hydrogen (secondary N) is 1. The Morgan fingerprint density at radius 2 is 1.00 bits per heavy atom. The second kappa shape index (κ2) is 24.0. The van der Waals surface area contributed by atoms with Crippen LogP contribution in [0.2, 0.25) is 0 Å². The molecule has 3 nitrogen and oxygen atoms in total. The van der Waals surface area contributed by atoms with Gasteiger partial charge in [-0.1, -0.05) is 103 Å². The molecule has 152 valence electrons. The number of guanidine groups is 1. The van der Waals surface area contributed by atoms with Crippen molar-refractivity contribution in [3.63, 3.8) is 0 Å². The topological polar surface area (TPSA) is 50.4 Å². The average Bonchev–Trinajstić information content (AvgIpc) is 2.58. The molecule has 0 aliphatic rings. The highest BCUT2D eigenvalue weighted by Crippen LogP contribution is 2.13. The summed E-state index contributed by atoms with van der Waals surface area (Å²) in [5, 5.41) is 3.03. The van der Waals surface area contributed by atoms with E-state index in [1.54, 1.807) is 0 Å². The smallest absolute Gasteiger partial charge is 0.188 e. The fourth-order valence-corrected chi connectivity index (χ4v) is 3.10. The van der Waals surface area contributed by atoms with Crippen LogP contribution in [0.15, 0.2) is 4.99 Å². The lowest BCUT2D eigenvalue weighted by Gasteiger charge is -2.04. The molecule has 25 heavy (non-hydrogen) atoms. The number of unbranched alkanes of at least 4 members (excludes halogenated alkanes) is 15. The maximum atomic E-state index is 5.69. The summed E-state index contributed by atoms with van der Waals surface area (Å²) >= 11 is 0.